The molecule has 0 saturated heterocycles. The van der Waals surface area contributed by atoms with Crippen LogP contribution in [0, 0.1) is 0 Å². The number of nitrogens with one attached hydrogen (secondary N) is 1. The lowest BCUT2D eigenvalue weighted by molar-refractivity contribution is -0.129. The Morgan fingerprint density at radius 2 is 2.04 bits per heavy atom. The molecule has 0 aliphatic rings. The van der Waals surface area contributed by atoms with Crippen molar-refractivity contribution < 1.29 is 14.0 Å². The van der Waals surface area contributed by atoms with E-state index in [1.54, 1.807) is 41.6 Å². The van der Waals surface area contributed by atoms with E-state index in [0.29, 0.717) is 22.4 Å². The number of furan rings is 1. The number of carbonyl (C=O) groups is 2. The number of anilines is 1. The van der Waals surface area contributed by atoms with Gasteiger partial charge in [0.25, 0.3) is 5.91 Å². The molecule has 134 valence electrons. The highest BCUT2D eigenvalue weighted by molar-refractivity contribution is 7.14. The Labute approximate surface area is 159 Å². The van der Waals surface area contributed by atoms with Crippen molar-refractivity contribution in [2.45, 2.75) is 13.0 Å². The van der Waals surface area contributed by atoms with E-state index in [1.165, 1.54) is 17.6 Å². The average Bonchev–Trinajstić information content (AvgIpc) is 3.29. The molecule has 2 aromatic heterocycles. The summed E-state index contributed by atoms with van der Waals surface area (Å²) in [5, 5.41) is 5.49. The van der Waals surface area contributed by atoms with Crippen LogP contribution in [0.2, 0.25) is 5.02 Å². The molecule has 26 heavy (non-hydrogen) atoms. The lowest BCUT2D eigenvalue weighted by atomic mass is 10.2. The van der Waals surface area contributed by atoms with E-state index in [2.05, 4.69) is 10.3 Å². The highest BCUT2D eigenvalue weighted by Crippen LogP contribution is 2.18. The van der Waals surface area contributed by atoms with Crippen LogP contribution < -0.4 is 5.32 Å². The molecule has 0 aliphatic carbocycles. The van der Waals surface area contributed by atoms with Gasteiger partial charge in [0.15, 0.2) is 10.9 Å². The van der Waals surface area contributed by atoms with Crippen molar-refractivity contribution in [3.05, 3.63) is 70.1 Å². The number of nitrogens with zero attached hydrogens (tertiary/aromatic N) is 2. The molecule has 0 fully saturated rings. The molecule has 0 saturated carbocycles. The van der Waals surface area contributed by atoms with E-state index in [4.69, 9.17) is 16.0 Å². The van der Waals surface area contributed by atoms with Crippen molar-refractivity contribution in [2.75, 3.05) is 12.4 Å². The number of rotatable bonds is 6. The zero-order valence-electron chi connectivity index (χ0n) is 13.9. The molecule has 2 heterocycles. The first-order valence-corrected chi connectivity index (χ1v) is 9.04. The lowest BCUT2D eigenvalue weighted by Crippen LogP contribution is -2.27. The molecule has 0 atom stereocenters. The third kappa shape index (κ3) is 4.71. The number of hydrogen-bond acceptors (Lipinski definition) is 5. The van der Waals surface area contributed by atoms with Gasteiger partial charge in [-0.3, -0.25) is 14.9 Å². The van der Waals surface area contributed by atoms with Crippen molar-refractivity contribution in [2.24, 2.45) is 0 Å². The monoisotopic (exact) mass is 389 g/mol. The third-order valence-corrected chi connectivity index (χ3v) is 4.67. The average molecular weight is 390 g/mol. The van der Waals surface area contributed by atoms with Gasteiger partial charge in [0.05, 0.1) is 18.4 Å². The molecule has 6 nitrogen and oxygen atoms in total. The van der Waals surface area contributed by atoms with Crippen LogP contribution in [0.15, 0.2) is 52.5 Å². The maximum Gasteiger partial charge on any atom is 0.293 e. The Hall–Kier alpha value is -2.64. The maximum absolute atomic E-state index is 12.4. The first-order chi connectivity index (χ1) is 12.5. The molecular formula is C18H16ClN3O3S. The second kappa shape index (κ2) is 8.16. The molecule has 1 N–H and O–H groups in total. The van der Waals surface area contributed by atoms with Crippen LogP contribution in [0.3, 0.4) is 0 Å². The summed E-state index contributed by atoms with van der Waals surface area (Å²) in [5.41, 5.74) is 1.60. The Morgan fingerprint density at radius 3 is 2.73 bits per heavy atom. The van der Waals surface area contributed by atoms with Crippen LogP contribution >= 0.6 is 22.9 Å². The van der Waals surface area contributed by atoms with Crippen LogP contribution in [0.1, 0.15) is 21.8 Å². The standard InChI is InChI=1S/C18H16ClN3O3S/c1-22(10-12-4-6-13(19)7-5-12)16(23)9-14-11-26-18(20-14)21-17(24)15-3-2-8-25-15/h2-8,11H,9-10H2,1H3,(H,20,21,24). The van der Waals surface area contributed by atoms with Crippen molar-refractivity contribution in [1.82, 2.24) is 9.88 Å². The maximum atomic E-state index is 12.4. The molecule has 0 bridgehead atoms. The Balaban J connectivity index is 1.55. The number of halogens is 1. The topological polar surface area (TPSA) is 75.4 Å². The zero-order valence-corrected chi connectivity index (χ0v) is 15.5. The van der Waals surface area contributed by atoms with Gasteiger partial charge in [0.2, 0.25) is 5.91 Å². The largest absolute Gasteiger partial charge is 0.459 e. The van der Waals surface area contributed by atoms with Gasteiger partial charge in [-0.05, 0) is 29.8 Å². The van der Waals surface area contributed by atoms with Gasteiger partial charge in [-0.2, -0.15) is 0 Å². The summed E-state index contributed by atoms with van der Waals surface area (Å²) in [7, 11) is 1.74. The summed E-state index contributed by atoms with van der Waals surface area (Å²) in [5.74, 6) is -0.225. The highest BCUT2D eigenvalue weighted by Gasteiger charge is 2.15. The van der Waals surface area contributed by atoms with Crippen LogP contribution in [-0.2, 0) is 17.8 Å². The third-order valence-electron chi connectivity index (χ3n) is 3.61. The molecule has 1 aromatic carbocycles. The summed E-state index contributed by atoms with van der Waals surface area (Å²) in [6.07, 6.45) is 1.59. The Kier molecular flexibility index (Phi) is 5.70. The summed E-state index contributed by atoms with van der Waals surface area (Å²) in [6.45, 7) is 0.488. The number of thiazole rings is 1. The number of carbonyl (C=O) groups excluding carboxylic acids is 2. The van der Waals surface area contributed by atoms with Crippen molar-refractivity contribution in [3.8, 4) is 0 Å². The van der Waals surface area contributed by atoms with Crippen LogP contribution in [0.25, 0.3) is 0 Å². The number of likely N-dealkylation sites (N-methyl/N-ethyl adjacent to an activating group) is 1. The number of amides is 2. The fourth-order valence-corrected chi connectivity index (χ4v) is 3.09. The minimum Gasteiger partial charge on any atom is -0.459 e. The minimum atomic E-state index is -0.373. The molecule has 2 amide bonds. The first kappa shape index (κ1) is 18.2. The smallest absolute Gasteiger partial charge is 0.293 e. The molecule has 0 aliphatic heterocycles. The van der Waals surface area contributed by atoms with E-state index in [0.717, 1.165) is 5.56 Å². The first-order valence-electron chi connectivity index (χ1n) is 7.79. The second-order valence-electron chi connectivity index (χ2n) is 5.63. The SMILES string of the molecule is CN(Cc1ccc(Cl)cc1)C(=O)Cc1csc(NC(=O)c2ccco2)n1. The number of hydrogen-bond donors (Lipinski definition) is 1. The van der Waals surface area contributed by atoms with Crippen LogP contribution in [0.5, 0.6) is 0 Å². The fraction of sp³-hybridized carbons (Fsp3) is 0.167. The summed E-state index contributed by atoms with van der Waals surface area (Å²) < 4.78 is 5.03. The van der Waals surface area contributed by atoms with Crippen molar-refractivity contribution >= 4 is 39.9 Å². The fourth-order valence-electron chi connectivity index (χ4n) is 2.25. The van der Waals surface area contributed by atoms with E-state index in [1.807, 2.05) is 12.1 Å². The Morgan fingerprint density at radius 1 is 1.27 bits per heavy atom. The van der Waals surface area contributed by atoms with E-state index in [-0.39, 0.29) is 24.0 Å². The van der Waals surface area contributed by atoms with Gasteiger partial charge in [0, 0.05) is 24.0 Å². The molecule has 0 radical (unpaired) electrons. The van der Waals surface area contributed by atoms with Gasteiger partial charge in [0.1, 0.15) is 0 Å². The predicted octanol–water partition coefficient (Wildman–Crippen LogP) is 3.84. The quantitative estimate of drug-likeness (QED) is 0.694. The summed E-state index contributed by atoms with van der Waals surface area (Å²) in [4.78, 5) is 30.2. The van der Waals surface area contributed by atoms with Gasteiger partial charge in [-0.15, -0.1) is 11.3 Å². The van der Waals surface area contributed by atoms with Crippen molar-refractivity contribution in [1.29, 1.82) is 0 Å². The summed E-state index contributed by atoms with van der Waals surface area (Å²) in [6, 6.07) is 10.6. The van der Waals surface area contributed by atoms with Crippen molar-refractivity contribution in [3.63, 3.8) is 0 Å². The predicted molar refractivity (Wildman–Crippen MR) is 100 cm³/mol. The second-order valence-corrected chi connectivity index (χ2v) is 6.92. The van der Waals surface area contributed by atoms with Crippen LogP contribution in [0.4, 0.5) is 5.13 Å². The van der Waals surface area contributed by atoms with E-state index < -0.39 is 0 Å². The van der Waals surface area contributed by atoms with E-state index in [9.17, 15) is 9.59 Å². The van der Waals surface area contributed by atoms with Crippen LogP contribution in [-0.4, -0.2) is 28.7 Å². The molecule has 0 unspecified atom stereocenters. The molecule has 3 aromatic rings. The highest BCUT2D eigenvalue weighted by atomic mass is 35.5. The lowest BCUT2D eigenvalue weighted by Gasteiger charge is -2.16. The normalized spacial score (nSPS) is 10.5. The zero-order chi connectivity index (χ0) is 18.5. The molecule has 8 heteroatoms. The molecular weight excluding hydrogens is 374 g/mol. The van der Waals surface area contributed by atoms with Gasteiger partial charge < -0.3 is 9.32 Å². The minimum absolute atomic E-state index is 0.0610. The number of benzene rings is 1. The molecule has 0 spiro atoms. The van der Waals surface area contributed by atoms with Gasteiger partial charge >= 0.3 is 0 Å². The van der Waals surface area contributed by atoms with Gasteiger partial charge in [-0.1, -0.05) is 23.7 Å². The van der Waals surface area contributed by atoms with Gasteiger partial charge in [-0.25, -0.2) is 4.98 Å². The Bertz CT molecular complexity index is 891. The molecule has 3 rings (SSSR count). The number of aromatic nitrogens is 1. The van der Waals surface area contributed by atoms with E-state index >= 15 is 0 Å². The summed E-state index contributed by atoms with van der Waals surface area (Å²) >= 11 is 7.13.